The highest BCUT2D eigenvalue weighted by atomic mass is 16.8. The lowest BCUT2D eigenvalue weighted by Crippen LogP contribution is -2.45. The Morgan fingerprint density at radius 1 is 1.30 bits per heavy atom. The maximum absolute atomic E-state index is 12.2. The maximum atomic E-state index is 12.2. The molecule has 116 valence electrons. The molecule has 0 aromatic heterocycles. The van der Waals surface area contributed by atoms with Gasteiger partial charge in [-0.15, -0.1) is 0 Å². The predicted octanol–water partition coefficient (Wildman–Crippen LogP) is 0.837. The van der Waals surface area contributed by atoms with E-state index in [1.807, 2.05) is 13.8 Å². The fraction of sp³-hybridized carbons (Fsp3) is 0.929. The number of methoxy groups -OCH3 is 1. The second-order valence-electron chi connectivity index (χ2n) is 5.79. The number of esters is 1. The number of ether oxygens (including phenoxy) is 4. The second-order valence-corrected chi connectivity index (χ2v) is 5.79. The minimum absolute atomic E-state index is 0.0597. The zero-order valence-corrected chi connectivity index (χ0v) is 12.7. The Hall–Kier alpha value is -0.690. The monoisotopic (exact) mass is 287 g/mol. The van der Waals surface area contributed by atoms with Crippen LogP contribution in [0.25, 0.3) is 0 Å². The molecular formula is C14H25NO5. The molecule has 0 saturated carbocycles. The Morgan fingerprint density at radius 3 is 2.65 bits per heavy atom. The molecule has 6 heteroatoms. The van der Waals surface area contributed by atoms with E-state index >= 15 is 0 Å². The van der Waals surface area contributed by atoms with Crippen LogP contribution >= 0.6 is 0 Å². The molecule has 2 aliphatic heterocycles. The summed E-state index contributed by atoms with van der Waals surface area (Å²) in [6.45, 7) is 6.69. The Morgan fingerprint density at radius 2 is 2.00 bits per heavy atom. The first kappa shape index (κ1) is 15.7. The van der Waals surface area contributed by atoms with E-state index in [2.05, 4.69) is 12.2 Å². The molecule has 0 aromatic rings. The van der Waals surface area contributed by atoms with Crippen LogP contribution in [0.3, 0.4) is 0 Å². The summed E-state index contributed by atoms with van der Waals surface area (Å²) in [5.41, 5.74) is 0. The van der Waals surface area contributed by atoms with Crippen molar-refractivity contribution in [2.45, 2.75) is 63.7 Å². The number of fused-ring (bicyclic) bond motifs is 1. The first-order valence-electron chi connectivity index (χ1n) is 7.25. The molecule has 2 fully saturated rings. The molecule has 1 N–H and O–H groups in total. The molecule has 0 bridgehead atoms. The number of hydrogen-bond donors (Lipinski definition) is 1. The summed E-state index contributed by atoms with van der Waals surface area (Å²) >= 11 is 0. The van der Waals surface area contributed by atoms with Crippen LogP contribution in [0, 0.1) is 0 Å². The maximum Gasteiger partial charge on any atom is 0.325 e. The van der Waals surface area contributed by atoms with Crippen LogP contribution in [0.15, 0.2) is 0 Å². The molecule has 6 nitrogen and oxygen atoms in total. The number of unbranched alkanes of at least 4 members (excludes halogenated alkanes) is 1. The molecule has 2 saturated heterocycles. The van der Waals surface area contributed by atoms with Crippen LogP contribution < -0.4 is 5.32 Å². The van der Waals surface area contributed by atoms with Crippen molar-refractivity contribution in [2.75, 3.05) is 20.3 Å². The van der Waals surface area contributed by atoms with Crippen molar-refractivity contribution in [3.8, 4) is 0 Å². The van der Waals surface area contributed by atoms with E-state index in [1.54, 1.807) is 7.11 Å². The molecule has 4 atom stereocenters. The first-order chi connectivity index (χ1) is 9.48. The van der Waals surface area contributed by atoms with Crippen molar-refractivity contribution in [3.63, 3.8) is 0 Å². The van der Waals surface area contributed by atoms with Crippen molar-refractivity contribution in [1.82, 2.24) is 5.32 Å². The quantitative estimate of drug-likeness (QED) is 0.577. The number of hydrogen-bond acceptors (Lipinski definition) is 6. The molecule has 2 aliphatic rings. The highest BCUT2D eigenvalue weighted by Crippen LogP contribution is 2.36. The van der Waals surface area contributed by atoms with Gasteiger partial charge in [-0.2, -0.15) is 0 Å². The molecule has 1 unspecified atom stereocenters. The lowest BCUT2D eigenvalue weighted by Gasteiger charge is -2.23. The molecule has 0 aromatic carbocycles. The van der Waals surface area contributed by atoms with Gasteiger partial charge in [-0.05, 0) is 20.3 Å². The van der Waals surface area contributed by atoms with E-state index in [0.29, 0.717) is 13.2 Å². The lowest BCUT2D eigenvalue weighted by molar-refractivity contribution is -0.166. The van der Waals surface area contributed by atoms with Crippen LogP contribution in [0.5, 0.6) is 0 Å². The third-order valence-corrected chi connectivity index (χ3v) is 3.62. The van der Waals surface area contributed by atoms with Gasteiger partial charge in [-0.25, -0.2) is 0 Å². The fourth-order valence-corrected chi connectivity index (χ4v) is 2.74. The van der Waals surface area contributed by atoms with E-state index < -0.39 is 11.8 Å². The van der Waals surface area contributed by atoms with Gasteiger partial charge < -0.3 is 18.9 Å². The van der Waals surface area contributed by atoms with Gasteiger partial charge in [-0.1, -0.05) is 13.3 Å². The minimum atomic E-state index is -0.675. The van der Waals surface area contributed by atoms with Gasteiger partial charge in [0, 0.05) is 7.11 Å². The fourth-order valence-electron chi connectivity index (χ4n) is 2.74. The summed E-state index contributed by atoms with van der Waals surface area (Å²) in [7, 11) is 1.63. The smallest absolute Gasteiger partial charge is 0.325 e. The second kappa shape index (κ2) is 6.39. The van der Waals surface area contributed by atoms with E-state index in [9.17, 15) is 4.79 Å². The van der Waals surface area contributed by atoms with Crippen LogP contribution in [0.2, 0.25) is 0 Å². The number of carbonyl (C=O) groups excluding carboxylic acids is 1. The average molecular weight is 287 g/mol. The van der Waals surface area contributed by atoms with E-state index in [-0.39, 0.29) is 24.2 Å². The Bertz CT molecular complexity index is 346. The Kier molecular flexibility index (Phi) is 5.01. The number of rotatable bonds is 6. The normalized spacial score (nSPS) is 35.0. The molecule has 20 heavy (non-hydrogen) atoms. The SMILES string of the molecule is CCCCOC(=O)C1N[C@H](COC)[C@H]2OC(C)(C)O[C@@H]12. The molecule has 0 amide bonds. The largest absolute Gasteiger partial charge is 0.464 e. The van der Waals surface area contributed by atoms with Crippen LogP contribution in [-0.4, -0.2) is 56.4 Å². The van der Waals surface area contributed by atoms with E-state index in [4.69, 9.17) is 18.9 Å². The van der Waals surface area contributed by atoms with E-state index in [1.165, 1.54) is 0 Å². The zero-order valence-electron chi connectivity index (χ0n) is 12.7. The van der Waals surface area contributed by atoms with Gasteiger partial charge in [0.1, 0.15) is 18.2 Å². The van der Waals surface area contributed by atoms with Crippen molar-refractivity contribution >= 4 is 5.97 Å². The summed E-state index contributed by atoms with van der Waals surface area (Å²) in [4.78, 5) is 12.2. The first-order valence-corrected chi connectivity index (χ1v) is 7.25. The lowest BCUT2D eigenvalue weighted by atomic mass is 10.1. The molecule has 2 heterocycles. The third kappa shape index (κ3) is 3.31. The summed E-state index contributed by atoms with van der Waals surface area (Å²) < 4.78 is 22.2. The third-order valence-electron chi connectivity index (χ3n) is 3.62. The topological polar surface area (TPSA) is 66.0 Å². The summed E-state index contributed by atoms with van der Waals surface area (Å²) in [5, 5.41) is 3.21. The van der Waals surface area contributed by atoms with Gasteiger partial charge in [-0.3, -0.25) is 10.1 Å². The number of carbonyl (C=O) groups is 1. The molecule has 0 aliphatic carbocycles. The average Bonchev–Trinajstić information content (AvgIpc) is 2.85. The zero-order chi connectivity index (χ0) is 14.8. The molecule has 2 rings (SSSR count). The van der Waals surface area contributed by atoms with Crippen molar-refractivity contribution < 1.29 is 23.7 Å². The Labute approximate surface area is 120 Å². The van der Waals surface area contributed by atoms with Crippen LogP contribution in [-0.2, 0) is 23.7 Å². The highest BCUT2D eigenvalue weighted by molar-refractivity contribution is 5.77. The predicted molar refractivity (Wildman–Crippen MR) is 72.3 cm³/mol. The Balaban J connectivity index is 2.00. The molecular weight excluding hydrogens is 262 g/mol. The van der Waals surface area contributed by atoms with Gasteiger partial charge in [0.15, 0.2) is 5.79 Å². The number of nitrogens with one attached hydrogen (secondary N) is 1. The van der Waals surface area contributed by atoms with Crippen molar-refractivity contribution in [2.24, 2.45) is 0 Å². The van der Waals surface area contributed by atoms with E-state index in [0.717, 1.165) is 12.8 Å². The van der Waals surface area contributed by atoms with Gasteiger partial charge in [0.25, 0.3) is 0 Å². The van der Waals surface area contributed by atoms with Crippen LogP contribution in [0.1, 0.15) is 33.6 Å². The summed E-state index contributed by atoms with van der Waals surface area (Å²) in [6, 6.07) is -0.547. The minimum Gasteiger partial charge on any atom is -0.464 e. The molecule has 0 spiro atoms. The highest BCUT2D eigenvalue weighted by Gasteiger charge is 2.56. The summed E-state index contributed by atoms with van der Waals surface area (Å²) in [6.07, 6.45) is 1.36. The van der Waals surface area contributed by atoms with Crippen molar-refractivity contribution in [1.29, 1.82) is 0 Å². The van der Waals surface area contributed by atoms with Crippen molar-refractivity contribution in [3.05, 3.63) is 0 Å². The van der Waals surface area contributed by atoms with Crippen LogP contribution in [0.4, 0.5) is 0 Å². The van der Waals surface area contributed by atoms with Gasteiger partial charge in [0.2, 0.25) is 0 Å². The van der Waals surface area contributed by atoms with Gasteiger partial charge in [0.05, 0.1) is 19.3 Å². The standard InChI is InChI=1S/C14H25NO5/c1-5-6-7-18-13(16)10-12-11(9(15-10)8-17-4)19-14(2,3)20-12/h9-12,15H,5-8H2,1-4H3/t9-,10?,11-,12+/m1/s1. The van der Waals surface area contributed by atoms with Gasteiger partial charge >= 0.3 is 5.97 Å². The molecule has 0 radical (unpaired) electrons. The summed E-state index contributed by atoms with van der Waals surface area (Å²) in [5.74, 6) is -0.945.